The summed E-state index contributed by atoms with van der Waals surface area (Å²) in [5, 5.41) is 3.53. The van der Waals surface area contributed by atoms with E-state index in [0.29, 0.717) is 12.6 Å². The summed E-state index contributed by atoms with van der Waals surface area (Å²) in [5.74, 6) is 2.25. The number of amides is 1. The van der Waals surface area contributed by atoms with E-state index in [1.54, 1.807) is 33.2 Å². The van der Waals surface area contributed by atoms with E-state index < -0.39 is 0 Å². The van der Waals surface area contributed by atoms with E-state index in [1.165, 1.54) is 12.8 Å². The van der Waals surface area contributed by atoms with Gasteiger partial charge in [0.25, 0.3) is 0 Å². The zero-order chi connectivity index (χ0) is 19.8. The molecule has 0 aromatic heterocycles. The van der Waals surface area contributed by atoms with Gasteiger partial charge in [0, 0.05) is 45.4 Å². The fourth-order valence-electron chi connectivity index (χ4n) is 3.13. The lowest BCUT2D eigenvalue weighted by molar-refractivity contribution is -0.127. The largest absolute Gasteiger partial charge is 0.497 e. The highest BCUT2D eigenvalue weighted by Crippen LogP contribution is 2.25. The van der Waals surface area contributed by atoms with Crippen LogP contribution < -0.4 is 14.8 Å². The number of hydrogen-bond donors (Lipinski definition) is 1. The molecule has 0 heterocycles. The Balaban J connectivity index is 0.00000392. The number of likely N-dealkylation sites (N-methyl/N-ethyl adjacent to an activating group) is 1. The maximum Gasteiger partial charge on any atom is 0.243 e. The number of carbonyl (C=O) groups excluding carboxylic acids is 1. The van der Waals surface area contributed by atoms with Crippen molar-refractivity contribution in [3.05, 3.63) is 23.8 Å². The van der Waals surface area contributed by atoms with Crippen molar-refractivity contribution in [2.75, 3.05) is 41.9 Å². The predicted octanol–water partition coefficient (Wildman–Crippen LogP) is 2.73. The Hall–Kier alpha value is -1.71. The molecule has 1 aromatic rings. The molecule has 0 atom stereocenters. The molecule has 0 bridgehead atoms. The fourth-order valence-corrected chi connectivity index (χ4v) is 3.13. The SMILES string of the molecule is COc1ccc(CN(C)C(=NCC(=O)N(C)C)NC2CCCC2)c(OC)c1.I. The van der Waals surface area contributed by atoms with Gasteiger partial charge >= 0.3 is 0 Å². The molecule has 1 aliphatic rings. The molecule has 28 heavy (non-hydrogen) atoms. The lowest BCUT2D eigenvalue weighted by Gasteiger charge is -2.26. The molecule has 0 spiro atoms. The third-order valence-electron chi connectivity index (χ3n) is 4.81. The predicted molar refractivity (Wildman–Crippen MR) is 123 cm³/mol. The first-order valence-electron chi connectivity index (χ1n) is 9.37. The fraction of sp³-hybridized carbons (Fsp3) is 0.600. The number of nitrogens with one attached hydrogen (secondary N) is 1. The minimum Gasteiger partial charge on any atom is -0.497 e. The van der Waals surface area contributed by atoms with Gasteiger partial charge in [0.15, 0.2) is 5.96 Å². The second-order valence-electron chi connectivity index (χ2n) is 7.09. The number of rotatable bonds is 7. The van der Waals surface area contributed by atoms with Gasteiger partial charge in [-0.2, -0.15) is 0 Å². The molecule has 0 unspecified atom stereocenters. The van der Waals surface area contributed by atoms with Gasteiger partial charge in [-0.05, 0) is 25.0 Å². The standard InChI is InChI=1S/C20H32N4O3.HI/c1-23(2)19(25)13-21-20(22-16-8-6-7-9-16)24(3)14-15-10-11-17(26-4)12-18(15)27-5;/h10-12,16H,6-9,13-14H2,1-5H3,(H,21,22);1H. The van der Waals surface area contributed by atoms with Crippen molar-refractivity contribution in [1.29, 1.82) is 0 Å². The van der Waals surface area contributed by atoms with Gasteiger partial charge in [-0.25, -0.2) is 4.99 Å². The van der Waals surface area contributed by atoms with Crippen LogP contribution in [0.5, 0.6) is 11.5 Å². The van der Waals surface area contributed by atoms with E-state index in [2.05, 4.69) is 10.3 Å². The first-order chi connectivity index (χ1) is 12.9. The molecule has 2 rings (SSSR count). The Kier molecular flexibility index (Phi) is 10.4. The minimum atomic E-state index is -0.0175. The summed E-state index contributed by atoms with van der Waals surface area (Å²) in [6.07, 6.45) is 4.75. The van der Waals surface area contributed by atoms with Gasteiger partial charge in [0.1, 0.15) is 18.0 Å². The Morgan fingerprint density at radius 2 is 1.86 bits per heavy atom. The van der Waals surface area contributed by atoms with E-state index in [0.717, 1.165) is 35.9 Å². The van der Waals surface area contributed by atoms with E-state index in [-0.39, 0.29) is 36.4 Å². The number of benzene rings is 1. The van der Waals surface area contributed by atoms with Crippen molar-refractivity contribution in [2.45, 2.75) is 38.3 Å². The molecule has 8 heteroatoms. The zero-order valence-electron chi connectivity index (χ0n) is 17.5. The van der Waals surface area contributed by atoms with Gasteiger partial charge in [-0.1, -0.05) is 12.8 Å². The molecule has 1 saturated carbocycles. The number of ether oxygens (including phenoxy) is 2. The van der Waals surface area contributed by atoms with Crippen molar-refractivity contribution < 1.29 is 14.3 Å². The van der Waals surface area contributed by atoms with Gasteiger partial charge in [-0.15, -0.1) is 24.0 Å². The number of hydrogen-bond acceptors (Lipinski definition) is 4. The highest BCUT2D eigenvalue weighted by atomic mass is 127. The van der Waals surface area contributed by atoms with E-state index in [4.69, 9.17) is 9.47 Å². The molecular weight excluding hydrogens is 471 g/mol. The molecule has 1 fully saturated rings. The quantitative estimate of drug-likeness (QED) is 0.352. The molecule has 1 aromatic carbocycles. The number of methoxy groups -OCH3 is 2. The molecule has 0 radical (unpaired) electrons. The van der Waals surface area contributed by atoms with Crippen LogP contribution in [-0.4, -0.2) is 69.6 Å². The normalized spacial score (nSPS) is 14.2. The average Bonchev–Trinajstić information content (AvgIpc) is 3.18. The topological polar surface area (TPSA) is 66.4 Å². The molecule has 1 aliphatic carbocycles. The number of guanidine groups is 1. The maximum absolute atomic E-state index is 12.0. The maximum atomic E-state index is 12.0. The van der Waals surface area contributed by atoms with E-state index >= 15 is 0 Å². The molecule has 0 saturated heterocycles. The van der Waals surface area contributed by atoms with Gasteiger partial charge in [-0.3, -0.25) is 4.79 Å². The van der Waals surface area contributed by atoms with E-state index in [9.17, 15) is 4.79 Å². The van der Waals surface area contributed by atoms with Crippen molar-refractivity contribution in [1.82, 2.24) is 15.1 Å². The lowest BCUT2D eigenvalue weighted by atomic mass is 10.2. The Labute approximate surface area is 185 Å². The third-order valence-corrected chi connectivity index (χ3v) is 4.81. The summed E-state index contributed by atoms with van der Waals surface area (Å²) < 4.78 is 10.8. The Morgan fingerprint density at radius 3 is 2.43 bits per heavy atom. The zero-order valence-corrected chi connectivity index (χ0v) is 19.9. The van der Waals surface area contributed by atoms with Crippen LogP contribution in [0.25, 0.3) is 0 Å². The van der Waals surface area contributed by atoms with Crippen LogP contribution in [0.1, 0.15) is 31.2 Å². The first kappa shape index (κ1) is 24.3. The molecular formula is C20H33IN4O3. The summed E-state index contributed by atoms with van der Waals surface area (Å²) in [4.78, 5) is 20.1. The summed E-state index contributed by atoms with van der Waals surface area (Å²) in [6.45, 7) is 0.744. The van der Waals surface area contributed by atoms with Crippen molar-refractivity contribution in [2.24, 2.45) is 4.99 Å². The van der Waals surface area contributed by atoms with Gasteiger partial charge in [0.05, 0.1) is 14.2 Å². The van der Waals surface area contributed by atoms with Crippen LogP contribution in [0.3, 0.4) is 0 Å². The van der Waals surface area contributed by atoms with Crippen LogP contribution in [0.4, 0.5) is 0 Å². The molecule has 158 valence electrons. The second-order valence-corrected chi connectivity index (χ2v) is 7.09. The van der Waals surface area contributed by atoms with Crippen LogP contribution in [0, 0.1) is 0 Å². The van der Waals surface area contributed by atoms with Crippen LogP contribution in [-0.2, 0) is 11.3 Å². The number of carbonyl (C=O) groups is 1. The van der Waals surface area contributed by atoms with Crippen molar-refractivity contribution in [3.63, 3.8) is 0 Å². The first-order valence-corrected chi connectivity index (χ1v) is 9.37. The highest BCUT2D eigenvalue weighted by Gasteiger charge is 2.19. The smallest absolute Gasteiger partial charge is 0.243 e. The summed E-state index contributed by atoms with van der Waals surface area (Å²) >= 11 is 0. The van der Waals surface area contributed by atoms with Crippen molar-refractivity contribution >= 4 is 35.8 Å². The number of aliphatic imine (C=N–C) groups is 1. The monoisotopic (exact) mass is 504 g/mol. The summed E-state index contributed by atoms with van der Waals surface area (Å²) in [7, 11) is 8.75. The van der Waals surface area contributed by atoms with Crippen molar-refractivity contribution in [3.8, 4) is 11.5 Å². The Bertz CT molecular complexity index is 661. The van der Waals surface area contributed by atoms with Gasteiger partial charge in [0.2, 0.25) is 5.91 Å². The lowest BCUT2D eigenvalue weighted by Crippen LogP contribution is -2.43. The average molecular weight is 504 g/mol. The van der Waals surface area contributed by atoms with Crippen LogP contribution in [0.15, 0.2) is 23.2 Å². The van der Waals surface area contributed by atoms with Crippen LogP contribution in [0.2, 0.25) is 0 Å². The molecule has 0 aliphatic heterocycles. The van der Waals surface area contributed by atoms with Gasteiger partial charge < -0.3 is 24.6 Å². The summed E-state index contributed by atoms with van der Waals surface area (Å²) in [6, 6.07) is 6.20. The molecule has 1 amide bonds. The third kappa shape index (κ3) is 7.03. The molecule has 7 nitrogen and oxygen atoms in total. The highest BCUT2D eigenvalue weighted by molar-refractivity contribution is 14.0. The van der Waals surface area contributed by atoms with Crippen LogP contribution >= 0.6 is 24.0 Å². The minimum absolute atomic E-state index is 0. The Morgan fingerprint density at radius 1 is 1.18 bits per heavy atom. The summed E-state index contributed by atoms with van der Waals surface area (Å²) in [5.41, 5.74) is 1.03. The van der Waals surface area contributed by atoms with E-state index in [1.807, 2.05) is 30.1 Å². The molecule has 1 N–H and O–H groups in total. The second kappa shape index (κ2) is 12.0. The number of nitrogens with zero attached hydrogens (tertiary/aromatic N) is 3. The number of halogens is 1.